The van der Waals surface area contributed by atoms with Crippen molar-refractivity contribution in [2.45, 2.75) is 78.6 Å². The second-order valence-electron chi connectivity index (χ2n) is 24.7. The Hall–Kier alpha value is -9.09. The molecule has 4 heterocycles. The van der Waals surface area contributed by atoms with E-state index in [2.05, 4.69) is 337 Å². The zero-order valence-corrected chi connectivity index (χ0v) is 51.7. The summed E-state index contributed by atoms with van der Waals surface area (Å²) >= 11 is 2.53. The molecule has 85 heavy (non-hydrogen) atoms. The standard InChI is InChI=1S/C78H65N5O.Pt/c1-51-43-59(44-52(2)53(51)3)82-68-34-19-16-31-64(68)78(65-32-17-20-35-69(65)82)66-33-18-21-36-70(66)83(74-47-56(41-42-79-74)76(4,5)6)73-49-60(39-40-67(73)78)84-61-46-57(77(7,8)9)45-58(48-61)80-50-81(72-38-23-22-37-71(72)80)75-62(54-25-12-10-13-26-54)29-24-30-63(75)55-27-14-11-15-28-55;/h10-47H,1-9H3;/q-2;. The molecule has 2 aliphatic rings. The van der Waals surface area contributed by atoms with Gasteiger partial charge in [-0.3, -0.25) is 0 Å². The van der Waals surface area contributed by atoms with Crippen LogP contribution in [0.25, 0.3) is 44.7 Å². The number of para-hydroxylation sites is 6. The van der Waals surface area contributed by atoms with E-state index in [1.807, 2.05) is 6.20 Å². The zero-order chi connectivity index (χ0) is 58.5. The SMILES string of the molecule is Cc1cc(N2c3ccccc3C3(c4ccc(Oc5[c-]c(-n6[c](=[Pt])n(-c7c(-c8ccccc8)cccc7-c7ccccc7)c7ccccc76)cc(C(C)(C)C)c5)[c-]c4N(c4cc(C(C)(C)C)ccn4)c4ccccc43)c3ccccc32)cc(C)c1C. The van der Waals surface area contributed by atoms with Crippen LogP contribution in [-0.4, -0.2) is 14.1 Å². The normalized spacial score (nSPS) is 13.4. The van der Waals surface area contributed by atoms with Gasteiger partial charge in [0, 0.05) is 23.3 Å². The Morgan fingerprint density at radius 2 is 0.976 bits per heavy atom. The Morgan fingerprint density at radius 1 is 0.459 bits per heavy atom. The van der Waals surface area contributed by atoms with E-state index in [1.54, 1.807) is 0 Å². The quantitative estimate of drug-likeness (QED) is 0.142. The van der Waals surface area contributed by atoms with E-state index in [1.165, 1.54) is 33.4 Å². The third-order valence-corrected chi connectivity index (χ3v) is 18.5. The molecule has 0 radical (unpaired) electrons. The molecular formula is C78H65N5OPt-2. The van der Waals surface area contributed by atoms with Crippen LogP contribution >= 0.6 is 0 Å². The fourth-order valence-electron chi connectivity index (χ4n) is 13.0. The molecule has 10 aromatic carbocycles. The van der Waals surface area contributed by atoms with Crippen molar-refractivity contribution in [2.75, 3.05) is 9.80 Å². The van der Waals surface area contributed by atoms with Gasteiger partial charge in [0.2, 0.25) is 0 Å². The Morgan fingerprint density at radius 3 is 1.54 bits per heavy atom. The van der Waals surface area contributed by atoms with E-state index in [9.17, 15) is 0 Å². The van der Waals surface area contributed by atoms with Crippen LogP contribution in [0.4, 0.5) is 34.3 Å². The zero-order valence-electron chi connectivity index (χ0n) is 49.4. The van der Waals surface area contributed by atoms with Gasteiger partial charge in [-0.15, -0.1) is 0 Å². The van der Waals surface area contributed by atoms with Crippen LogP contribution in [0.3, 0.4) is 0 Å². The molecule has 0 unspecified atom stereocenters. The number of aromatic nitrogens is 3. The molecule has 7 heteroatoms. The van der Waals surface area contributed by atoms with E-state index < -0.39 is 5.41 Å². The molecule has 14 rings (SSSR count). The number of nitrogens with zero attached hydrogens (tertiary/aromatic N) is 5. The molecule has 1 spiro atoms. The summed E-state index contributed by atoms with van der Waals surface area (Å²) in [6.45, 7) is 20.2. The number of rotatable bonds is 8. The van der Waals surface area contributed by atoms with Gasteiger partial charge in [0.25, 0.3) is 0 Å². The van der Waals surface area contributed by atoms with Crippen molar-refractivity contribution in [3.63, 3.8) is 0 Å². The smallest absolute Gasteiger partial charge is 0.0618 e. The molecule has 420 valence electrons. The van der Waals surface area contributed by atoms with Crippen LogP contribution < -0.4 is 14.5 Å². The first-order chi connectivity index (χ1) is 41.1. The molecule has 0 N–H and O–H groups in total. The first-order valence-electron chi connectivity index (χ1n) is 29.3. The molecule has 2 aromatic heterocycles. The summed E-state index contributed by atoms with van der Waals surface area (Å²) in [5.74, 6) is 1.96. The number of imidazole rings is 1. The monoisotopic (exact) mass is 1280 g/mol. The number of aryl methyl sites for hydroxylation is 2. The van der Waals surface area contributed by atoms with E-state index in [0.29, 0.717) is 11.5 Å². The van der Waals surface area contributed by atoms with Gasteiger partial charge in [0.1, 0.15) is 0 Å². The van der Waals surface area contributed by atoms with Crippen LogP contribution in [0.1, 0.15) is 91.6 Å². The first kappa shape index (κ1) is 53.9. The van der Waals surface area contributed by atoms with Gasteiger partial charge in [-0.1, -0.05) is 75.4 Å². The van der Waals surface area contributed by atoms with Gasteiger partial charge in [0.15, 0.2) is 0 Å². The third kappa shape index (κ3) is 8.87. The fraction of sp³-hybridized carbons (Fsp3) is 0.154. The number of fused-ring (bicyclic) bond motifs is 9. The van der Waals surface area contributed by atoms with Crippen molar-refractivity contribution in [2.24, 2.45) is 0 Å². The Labute approximate surface area is 510 Å². The number of hydrogen-bond donors (Lipinski definition) is 0. The Balaban J connectivity index is 0.985. The topological polar surface area (TPSA) is 38.5 Å². The number of hydrogen-bond acceptors (Lipinski definition) is 4. The van der Waals surface area contributed by atoms with Crippen molar-refractivity contribution in [3.05, 3.63) is 297 Å². The maximum atomic E-state index is 7.32. The van der Waals surface area contributed by atoms with E-state index in [0.717, 1.165) is 99.4 Å². The summed E-state index contributed by atoms with van der Waals surface area (Å²) in [5, 5.41) is 0. The predicted octanol–water partition coefficient (Wildman–Crippen LogP) is 20.1. The Kier molecular flexibility index (Phi) is 13.1. The van der Waals surface area contributed by atoms with E-state index >= 15 is 0 Å². The van der Waals surface area contributed by atoms with Gasteiger partial charge >= 0.3 is 331 Å². The second-order valence-corrected chi connectivity index (χ2v) is 25.7. The van der Waals surface area contributed by atoms with Crippen molar-refractivity contribution in [1.82, 2.24) is 14.1 Å². The molecule has 0 amide bonds. The molecule has 6 nitrogen and oxygen atoms in total. The molecule has 0 bridgehead atoms. The fourth-order valence-corrected chi connectivity index (χ4v) is 14.1. The van der Waals surface area contributed by atoms with Crippen LogP contribution in [0.2, 0.25) is 0 Å². The number of benzene rings is 10. The predicted molar refractivity (Wildman–Crippen MR) is 345 cm³/mol. The van der Waals surface area contributed by atoms with Gasteiger partial charge in [-0.05, 0) is 78.8 Å². The minimum Gasteiger partial charge on any atom is -0.0618 e. The number of anilines is 6. The van der Waals surface area contributed by atoms with Gasteiger partial charge in [-0.25, -0.2) is 0 Å². The first-order valence-corrected chi connectivity index (χ1v) is 30.4. The third-order valence-electron chi connectivity index (χ3n) is 17.5. The van der Waals surface area contributed by atoms with E-state index in [-0.39, 0.29) is 10.8 Å². The van der Waals surface area contributed by atoms with Crippen LogP contribution in [0.15, 0.2) is 231 Å². The average Bonchev–Trinajstić information content (AvgIpc) is 1.23. The molecule has 0 aliphatic carbocycles. The van der Waals surface area contributed by atoms with Crippen molar-refractivity contribution < 1.29 is 24.1 Å². The van der Waals surface area contributed by atoms with E-state index in [4.69, 9.17) is 9.72 Å². The molecule has 0 atom stereocenters. The minimum absolute atomic E-state index is 0.133. The molecule has 0 saturated carbocycles. The Bertz CT molecular complexity index is 4550. The second kappa shape index (κ2) is 20.6. The summed E-state index contributed by atoms with van der Waals surface area (Å²) in [6.07, 6.45) is 1.95. The molecule has 2 aliphatic heterocycles. The summed E-state index contributed by atoms with van der Waals surface area (Å²) < 4.78 is 13.1. The molecule has 0 fully saturated rings. The molecule has 0 saturated heterocycles. The summed E-state index contributed by atoms with van der Waals surface area (Å²) in [4.78, 5) is 10.00. The minimum atomic E-state index is -0.788. The molecule has 12 aromatic rings. The maximum absolute atomic E-state index is 7.32. The summed E-state index contributed by atoms with van der Waals surface area (Å²) in [7, 11) is 0. The van der Waals surface area contributed by atoms with Crippen LogP contribution in [-0.2, 0) is 35.6 Å². The molecular weight excluding hydrogens is 1220 g/mol. The summed E-state index contributed by atoms with van der Waals surface area (Å²) in [6, 6.07) is 89.4. The number of pyridine rings is 1. The number of ether oxygens (including phenoxy) is 1. The van der Waals surface area contributed by atoms with Crippen molar-refractivity contribution in [1.29, 1.82) is 0 Å². The van der Waals surface area contributed by atoms with Crippen LogP contribution in [0, 0.1) is 36.7 Å². The van der Waals surface area contributed by atoms with Gasteiger partial charge < -0.3 is 4.90 Å². The average molecular weight is 1280 g/mol. The summed E-state index contributed by atoms with van der Waals surface area (Å²) in [5.41, 5.74) is 23.5. The van der Waals surface area contributed by atoms with Crippen LogP contribution in [0.5, 0.6) is 11.5 Å². The van der Waals surface area contributed by atoms with Gasteiger partial charge in [-0.2, -0.15) is 0 Å². The van der Waals surface area contributed by atoms with Crippen molar-refractivity contribution >= 4 is 45.3 Å². The van der Waals surface area contributed by atoms with Gasteiger partial charge in [0.05, 0.1) is 0 Å². The van der Waals surface area contributed by atoms with Crippen molar-refractivity contribution in [3.8, 4) is 45.1 Å².